The Balaban J connectivity index is 1.83. The van der Waals surface area contributed by atoms with Crippen LogP contribution in [0, 0.1) is 0 Å². The minimum Gasteiger partial charge on any atom is -0.437 e. The first-order valence-electron chi connectivity index (χ1n) is 10.5. The third-order valence-corrected chi connectivity index (χ3v) is 4.93. The lowest BCUT2D eigenvalue weighted by Gasteiger charge is -2.22. The molecule has 0 saturated carbocycles. The highest BCUT2D eigenvalue weighted by Crippen LogP contribution is 2.28. The van der Waals surface area contributed by atoms with Gasteiger partial charge in [0.2, 0.25) is 5.88 Å². The van der Waals surface area contributed by atoms with Crippen molar-refractivity contribution in [3.63, 3.8) is 0 Å². The van der Waals surface area contributed by atoms with Gasteiger partial charge in [0.25, 0.3) is 0 Å². The van der Waals surface area contributed by atoms with Gasteiger partial charge in [-0.1, -0.05) is 13.0 Å². The predicted octanol–water partition coefficient (Wildman–Crippen LogP) is 3.97. The van der Waals surface area contributed by atoms with Gasteiger partial charge in [-0.15, -0.1) is 0 Å². The molecule has 3 N–H and O–H groups in total. The van der Waals surface area contributed by atoms with E-state index in [0.717, 1.165) is 24.5 Å². The first-order chi connectivity index (χ1) is 15.4. The van der Waals surface area contributed by atoms with Crippen molar-refractivity contribution in [3.05, 3.63) is 59.9 Å². The zero-order valence-corrected chi connectivity index (χ0v) is 19.0. The number of hydrogen-bond acceptors (Lipinski definition) is 8. The molecule has 0 unspecified atom stereocenters. The molecule has 0 aliphatic rings. The van der Waals surface area contributed by atoms with Crippen molar-refractivity contribution >= 4 is 29.2 Å². The van der Waals surface area contributed by atoms with E-state index in [1.807, 2.05) is 31.2 Å². The van der Waals surface area contributed by atoms with Crippen LogP contribution < -0.4 is 20.7 Å². The average molecular weight is 435 g/mol. The molecule has 0 bridgehead atoms. The first-order valence-corrected chi connectivity index (χ1v) is 10.5. The number of rotatable bonds is 10. The number of likely N-dealkylation sites (N-methyl/N-ethyl adjacent to an activating group) is 2. The maximum atomic E-state index is 11.7. The van der Waals surface area contributed by atoms with Crippen LogP contribution in [0.2, 0.25) is 0 Å². The molecule has 8 nitrogen and oxygen atoms in total. The van der Waals surface area contributed by atoms with Crippen molar-refractivity contribution in [2.75, 3.05) is 50.2 Å². The van der Waals surface area contributed by atoms with E-state index in [1.54, 1.807) is 24.3 Å². The van der Waals surface area contributed by atoms with Gasteiger partial charge in [0.15, 0.2) is 12.1 Å². The standard InChI is InChI=1S/C24H30N6O2/c1-5-21-24(32-20-8-6-7-17(25)15-20)28-23(22(16-31)27-21)26-18-9-11-19(12-10-18)30(4)14-13-29(2)3/h6-12,15-16H,5,13-14,25H2,1-4H3,(H,26,28). The Bertz CT molecular complexity index is 1050. The Morgan fingerprint density at radius 1 is 1.06 bits per heavy atom. The molecule has 0 fully saturated rings. The minimum absolute atomic E-state index is 0.231. The third-order valence-electron chi connectivity index (χ3n) is 4.93. The van der Waals surface area contributed by atoms with Crippen LogP contribution in [0.4, 0.5) is 22.9 Å². The molecule has 0 amide bonds. The quantitative estimate of drug-likeness (QED) is 0.366. The summed E-state index contributed by atoms with van der Waals surface area (Å²) in [6, 6.07) is 15.0. The number of aromatic nitrogens is 2. The lowest BCUT2D eigenvalue weighted by molar-refractivity contribution is 0.111. The Kier molecular flexibility index (Phi) is 7.62. The van der Waals surface area contributed by atoms with Gasteiger partial charge in [0.05, 0.1) is 0 Å². The summed E-state index contributed by atoms with van der Waals surface area (Å²) in [5.74, 6) is 1.24. The normalized spacial score (nSPS) is 10.8. The second-order valence-electron chi connectivity index (χ2n) is 7.75. The van der Waals surface area contributed by atoms with E-state index in [4.69, 9.17) is 10.5 Å². The molecule has 2 aromatic carbocycles. The highest BCUT2D eigenvalue weighted by atomic mass is 16.5. The van der Waals surface area contributed by atoms with E-state index in [0.29, 0.717) is 41.5 Å². The summed E-state index contributed by atoms with van der Waals surface area (Å²) in [5, 5.41) is 3.19. The van der Waals surface area contributed by atoms with Crippen LogP contribution in [0.3, 0.4) is 0 Å². The number of nitrogens with one attached hydrogen (secondary N) is 1. The monoisotopic (exact) mass is 434 g/mol. The SMILES string of the molecule is CCc1nc(C=O)c(Nc2ccc(N(C)CCN(C)C)cc2)nc1Oc1cccc(N)c1. The molecular weight excluding hydrogens is 404 g/mol. The fourth-order valence-corrected chi connectivity index (χ4v) is 3.06. The lowest BCUT2D eigenvalue weighted by atomic mass is 10.2. The Hall–Kier alpha value is -3.65. The van der Waals surface area contributed by atoms with E-state index in [-0.39, 0.29) is 5.69 Å². The molecule has 0 aliphatic heterocycles. The van der Waals surface area contributed by atoms with Gasteiger partial charge in [-0.25, -0.2) is 4.98 Å². The minimum atomic E-state index is 0.231. The first kappa shape index (κ1) is 23.0. The molecule has 168 valence electrons. The third kappa shape index (κ3) is 5.95. The van der Waals surface area contributed by atoms with Crippen LogP contribution in [0.1, 0.15) is 23.1 Å². The molecule has 0 radical (unpaired) electrons. The van der Waals surface area contributed by atoms with Gasteiger partial charge >= 0.3 is 0 Å². The molecule has 0 saturated heterocycles. The number of anilines is 4. The molecule has 1 aromatic heterocycles. The van der Waals surface area contributed by atoms with E-state index in [1.165, 1.54) is 0 Å². The number of hydrogen-bond donors (Lipinski definition) is 2. The molecule has 0 spiro atoms. The summed E-state index contributed by atoms with van der Waals surface area (Å²) in [5.41, 5.74) is 9.16. The smallest absolute Gasteiger partial charge is 0.243 e. The molecule has 1 heterocycles. The summed E-state index contributed by atoms with van der Waals surface area (Å²) < 4.78 is 5.94. The summed E-state index contributed by atoms with van der Waals surface area (Å²) in [6.45, 7) is 3.82. The summed E-state index contributed by atoms with van der Waals surface area (Å²) >= 11 is 0. The summed E-state index contributed by atoms with van der Waals surface area (Å²) in [4.78, 5) is 25.0. The molecule has 8 heteroatoms. The number of benzene rings is 2. The van der Waals surface area contributed by atoms with Crippen LogP contribution >= 0.6 is 0 Å². The number of carbonyl (C=O) groups is 1. The molecule has 0 aliphatic carbocycles. The number of ether oxygens (including phenoxy) is 1. The van der Waals surface area contributed by atoms with Gasteiger partial charge in [-0.05, 0) is 56.9 Å². The van der Waals surface area contributed by atoms with Crippen LogP contribution in [-0.4, -0.2) is 55.4 Å². The fourth-order valence-electron chi connectivity index (χ4n) is 3.06. The van der Waals surface area contributed by atoms with Gasteiger partial charge in [-0.2, -0.15) is 4.98 Å². The zero-order valence-electron chi connectivity index (χ0n) is 19.0. The van der Waals surface area contributed by atoms with Crippen molar-refractivity contribution in [3.8, 4) is 11.6 Å². The van der Waals surface area contributed by atoms with Crippen molar-refractivity contribution in [1.29, 1.82) is 0 Å². The molecule has 3 rings (SSSR count). The number of nitrogen functional groups attached to an aromatic ring is 1. The Labute approximate surface area is 189 Å². The van der Waals surface area contributed by atoms with E-state index in [9.17, 15) is 4.79 Å². The average Bonchev–Trinajstić information content (AvgIpc) is 2.78. The predicted molar refractivity (Wildman–Crippen MR) is 129 cm³/mol. The summed E-state index contributed by atoms with van der Waals surface area (Å²) in [7, 11) is 6.17. The van der Waals surface area contributed by atoms with Crippen molar-refractivity contribution < 1.29 is 9.53 Å². The second-order valence-corrected chi connectivity index (χ2v) is 7.75. The van der Waals surface area contributed by atoms with Crippen molar-refractivity contribution in [2.45, 2.75) is 13.3 Å². The van der Waals surface area contributed by atoms with Gasteiger partial charge in [0, 0.05) is 43.3 Å². The highest BCUT2D eigenvalue weighted by molar-refractivity contribution is 5.82. The molecular formula is C24H30N6O2. The van der Waals surface area contributed by atoms with Gasteiger partial charge < -0.3 is 25.6 Å². The van der Waals surface area contributed by atoms with E-state index >= 15 is 0 Å². The second kappa shape index (κ2) is 10.6. The maximum Gasteiger partial charge on any atom is 0.243 e. The summed E-state index contributed by atoms with van der Waals surface area (Å²) in [6.07, 6.45) is 1.27. The molecule has 3 aromatic rings. The van der Waals surface area contributed by atoms with E-state index < -0.39 is 0 Å². The van der Waals surface area contributed by atoms with E-state index in [2.05, 4.69) is 46.2 Å². The maximum absolute atomic E-state index is 11.7. The number of carbonyl (C=O) groups excluding carboxylic acids is 1. The zero-order chi connectivity index (χ0) is 23.1. The largest absolute Gasteiger partial charge is 0.437 e. The van der Waals surface area contributed by atoms with Crippen LogP contribution in [-0.2, 0) is 6.42 Å². The van der Waals surface area contributed by atoms with Crippen LogP contribution in [0.25, 0.3) is 0 Å². The molecule has 0 atom stereocenters. The van der Waals surface area contributed by atoms with Crippen LogP contribution in [0.5, 0.6) is 11.6 Å². The number of nitrogens with two attached hydrogens (primary N) is 1. The molecule has 32 heavy (non-hydrogen) atoms. The van der Waals surface area contributed by atoms with Crippen molar-refractivity contribution in [1.82, 2.24) is 14.9 Å². The van der Waals surface area contributed by atoms with Crippen LogP contribution in [0.15, 0.2) is 48.5 Å². The number of aryl methyl sites for hydroxylation is 1. The highest BCUT2D eigenvalue weighted by Gasteiger charge is 2.15. The Morgan fingerprint density at radius 2 is 1.81 bits per heavy atom. The topological polar surface area (TPSA) is 96.6 Å². The Morgan fingerprint density at radius 3 is 2.44 bits per heavy atom. The number of nitrogens with zero attached hydrogens (tertiary/aromatic N) is 4. The fraction of sp³-hybridized carbons (Fsp3) is 0.292. The van der Waals surface area contributed by atoms with Crippen molar-refractivity contribution in [2.24, 2.45) is 0 Å². The lowest BCUT2D eigenvalue weighted by Crippen LogP contribution is -2.28. The van der Waals surface area contributed by atoms with Gasteiger partial charge in [0.1, 0.15) is 17.1 Å². The number of aldehydes is 1. The van der Waals surface area contributed by atoms with Gasteiger partial charge in [-0.3, -0.25) is 4.79 Å².